The highest BCUT2D eigenvalue weighted by atomic mass is 35.5. The number of rotatable bonds is 5. The minimum Gasteiger partial charge on any atom is -0.325 e. The Kier molecular flexibility index (Phi) is 6.80. The number of carbonyl (C=O) groups excluding carboxylic acids is 2. The van der Waals surface area contributed by atoms with Crippen LogP contribution in [0.2, 0.25) is 5.02 Å². The maximum atomic E-state index is 14.7. The molecule has 1 unspecified atom stereocenters. The Balaban J connectivity index is 1.68. The van der Waals surface area contributed by atoms with E-state index in [4.69, 9.17) is 11.6 Å². The van der Waals surface area contributed by atoms with Gasteiger partial charge in [0.2, 0.25) is 5.91 Å². The number of benzene rings is 3. The van der Waals surface area contributed by atoms with Gasteiger partial charge in [-0.3, -0.25) is 14.6 Å². The maximum Gasteiger partial charge on any atom is 0.252 e. The number of benzodiazepines with no additional fused rings is 1. The first-order valence-electron chi connectivity index (χ1n) is 11.1. The number of amides is 2. The summed E-state index contributed by atoms with van der Waals surface area (Å²) in [5, 5.41) is 3.27. The number of nitrogens with one attached hydrogen (secondary N) is 1. The molecule has 0 bridgehead atoms. The molecule has 4 rings (SSSR count). The third-order valence-corrected chi connectivity index (χ3v) is 5.98. The van der Waals surface area contributed by atoms with Crippen molar-refractivity contribution in [2.45, 2.75) is 32.7 Å². The van der Waals surface area contributed by atoms with E-state index in [1.807, 2.05) is 24.3 Å². The molecule has 34 heavy (non-hydrogen) atoms. The number of fused-ring (bicyclic) bond motifs is 1. The van der Waals surface area contributed by atoms with E-state index in [0.29, 0.717) is 33.6 Å². The minimum atomic E-state index is -0.820. The molecule has 0 radical (unpaired) electrons. The van der Waals surface area contributed by atoms with E-state index in [0.717, 1.165) is 5.56 Å². The molecular formula is C27H25ClFN3O2. The number of hydrogen-bond donors (Lipinski definition) is 1. The average Bonchev–Trinajstić information content (AvgIpc) is 2.90. The third kappa shape index (κ3) is 4.87. The number of halogens is 2. The van der Waals surface area contributed by atoms with E-state index in [2.05, 4.69) is 24.2 Å². The molecule has 5 nitrogen and oxygen atoms in total. The summed E-state index contributed by atoms with van der Waals surface area (Å²) in [7, 11) is 0. The lowest BCUT2D eigenvalue weighted by Crippen LogP contribution is -2.42. The summed E-state index contributed by atoms with van der Waals surface area (Å²) >= 11 is 6.26. The van der Waals surface area contributed by atoms with Crippen LogP contribution in [0.5, 0.6) is 0 Å². The molecule has 2 amide bonds. The van der Waals surface area contributed by atoms with E-state index in [1.54, 1.807) is 43.3 Å². The van der Waals surface area contributed by atoms with Crippen LogP contribution in [0.15, 0.2) is 71.7 Å². The monoisotopic (exact) mass is 477 g/mol. The Morgan fingerprint density at radius 1 is 1.09 bits per heavy atom. The van der Waals surface area contributed by atoms with Crippen LogP contribution in [0.25, 0.3) is 0 Å². The van der Waals surface area contributed by atoms with E-state index in [-0.39, 0.29) is 23.9 Å². The van der Waals surface area contributed by atoms with Gasteiger partial charge in [0.1, 0.15) is 18.4 Å². The average molecular weight is 478 g/mol. The van der Waals surface area contributed by atoms with Crippen molar-refractivity contribution in [2.75, 3.05) is 16.8 Å². The zero-order chi connectivity index (χ0) is 24.4. The zero-order valence-electron chi connectivity index (χ0n) is 19.2. The van der Waals surface area contributed by atoms with Crippen LogP contribution in [0.4, 0.5) is 15.8 Å². The molecule has 0 fully saturated rings. The Morgan fingerprint density at radius 2 is 1.79 bits per heavy atom. The molecule has 0 aromatic heterocycles. The Morgan fingerprint density at radius 3 is 2.47 bits per heavy atom. The van der Waals surface area contributed by atoms with Gasteiger partial charge in [-0.25, -0.2) is 4.39 Å². The van der Waals surface area contributed by atoms with Gasteiger partial charge in [0.15, 0.2) is 0 Å². The Hall–Kier alpha value is -3.51. The van der Waals surface area contributed by atoms with Crippen molar-refractivity contribution in [3.8, 4) is 0 Å². The predicted molar refractivity (Wildman–Crippen MR) is 134 cm³/mol. The van der Waals surface area contributed by atoms with Crippen molar-refractivity contribution in [3.63, 3.8) is 0 Å². The minimum absolute atomic E-state index is 0.218. The topological polar surface area (TPSA) is 61.8 Å². The molecule has 1 heterocycles. The van der Waals surface area contributed by atoms with Crippen molar-refractivity contribution in [1.29, 1.82) is 0 Å². The number of hydrogen-bond acceptors (Lipinski definition) is 3. The summed E-state index contributed by atoms with van der Waals surface area (Å²) in [4.78, 5) is 32.1. The van der Waals surface area contributed by atoms with E-state index in [1.165, 1.54) is 11.0 Å². The van der Waals surface area contributed by atoms with Gasteiger partial charge in [0, 0.05) is 21.8 Å². The molecule has 1 atom stereocenters. The van der Waals surface area contributed by atoms with Crippen LogP contribution in [0.3, 0.4) is 0 Å². The molecule has 0 saturated heterocycles. The standard InChI is InChI=1S/C27H25ClFN3O2/c1-16(2)18-8-11-20(12-9-18)31-25(33)15-32-24-13-10-19(28)14-22(24)26(30-17(3)27(32)34)21-6-4-5-7-23(21)29/h4-14,16-17H,15H2,1-3H3,(H,31,33). The van der Waals surface area contributed by atoms with Gasteiger partial charge < -0.3 is 10.2 Å². The molecule has 0 spiro atoms. The van der Waals surface area contributed by atoms with Crippen LogP contribution in [0, 0.1) is 5.82 Å². The molecule has 0 saturated carbocycles. The Bertz CT molecular complexity index is 1270. The second kappa shape index (κ2) is 9.77. The van der Waals surface area contributed by atoms with Crippen LogP contribution >= 0.6 is 11.6 Å². The second-order valence-electron chi connectivity index (χ2n) is 8.54. The van der Waals surface area contributed by atoms with Gasteiger partial charge in [0.25, 0.3) is 5.91 Å². The highest BCUT2D eigenvalue weighted by Gasteiger charge is 2.31. The normalized spacial score (nSPS) is 15.6. The van der Waals surface area contributed by atoms with Crippen molar-refractivity contribution in [1.82, 2.24) is 0 Å². The van der Waals surface area contributed by atoms with Crippen LogP contribution < -0.4 is 10.2 Å². The van der Waals surface area contributed by atoms with Crippen LogP contribution in [-0.4, -0.2) is 30.1 Å². The fourth-order valence-electron chi connectivity index (χ4n) is 3.92. The molecule has 0 aliphatic carbocycles. The van der Waals surface area contributed by atoms with E-state index >= 15 is 0 Å². The largest absolute Gasteiger partial charge is 0.325 e. The SMILES string of the molecule is CC1N=C(c2ccccc2F)c2cc(Cl)ccc2N(CC(=O)Nc2ccc(C(C)C)cc2)C1=O. The summed E-state index contributed by atoms with van der Waals surface area (Å²) in [5.74, 6) is -0.788. The van der Waals surface area contributed by atoms with E-state index < -0.39 is 11.9 Å². The molecule has 3 aromatic rings. The van der Waals surface area contributed by atoms with Gasteiger partial charge in [-0.15, -0.1) is 0 Å². The molecule has 1 aliphatic heterocycles. The number of anilines is 2. The Labute approximate surface area is 203 Å². The summed E-state index contributed by atoms with van der Waals surface area (Å²) in [6.07, 6.45) is 0. The first-order chi connectivity index (χ1) is 16.2. The van der Waals surface area contributed by atoms with Gasteiger partial charge in [-0.2, -0.15) is 0 Å². The summed E-state index contributed by atoms with van der Waals surface area (Å²) < 4.78 is 14.7. The second-order valence-corrected chi connectivity index (χ2v) is 8.98. The van der Waals surface area contributed by atoms with Gasteiger partial charge in [-0.05, 0) is 60.9 Å². The third-order valence-electron chi connectivity index (χ3n) is 5.74. The molecular weight excluding hydrogens is 453 g/mol. The fourth-order valence-corrected chi connectivity index (χ4v) is 4.09. The lowest BCUT2D eigenvalue weighted by atomic mass is 9.99. The van der Waals surface area contributed by atoms with Crippen LogP contribution in [0.1, 0.15) is 43.4 Å². The fraction of sp³-hybridized carbons (Fsp3) is 0.222. The van der Waals surface area contributed by atoms with Crippen molar-refractivity contribution in [3.05, 3.63) is 94.3 Å². The molecule has 1 N–H and O–H groups in total. The number of carbonyl (C=O) groups is 2. The van der Waals surface area contributed by atoms with Crippen molar-refractivity contribution < 1.29 is 14.0 Å². The van der Waals surface area contributed by atoms with Crippen molar-refractivity contribution >= 4 is 40.5 Å². The predicted octanol–water partition coefficient (Wildman–Crippen LogP) is 5.81. The van der Waals surface area contributed by atoms with Crippen molar-refractivity contribution in [2.24, 2.45) is 4.99 Å². The van der Waals surface area contributed by atoms with E-state index in [9.17, 15) is 14.0 Å². The molecule has 7 heteroatoms. The smallest absolute Gasteiger partial charge is 0.252 e. The maximum absolute atomic E-state index is 14.7. The van der Waals surface area contributed by atoms with Gasteiger partial charge in [0.05, 0.1) is 11.4 Å². The lowest BCUT2D eigenvalue weighted by Gasteiger charge is -2.24. The quantitative estimate of drug-likeness (QED) is 0.503. The van der Waals surface area contributed by atoms with Gasteiger partial charge in [-0.1, -0.05) is 49.7 Å². The number of aliphatic imine (C=N–C) groups is 1. The first-order valence-corrected chi connectivity index (χ1v) is 11.5. The number of nitrogens with zero attached hydrogens (tertiary/aromatic N) is 2. The highest BCUT2D eigenvalue weighted by molar-refractivity contribution is 6.32. The summed E-state index contributed by atoms with van der Waals surface area (Å²) in [6.45, 7) is 5.61. The zero-order valence-corrected chi connectivity index (χ0v) is 19.9. The van der Waals surface area contributed by atoms with Gasteiger partial charge >= 0.3 is 0 Å². The lowest BCUT2D eigenvalue weighted by molar-refractivity contribution is -0.122. The molecule has 3 aromatic carbocycles. The molecule has 1 aliphatic rings. The summed E-state index contributed by atoms with van der Waals surface area (Å²) in [5.41, 5.74) is 3.34. The summed E-state index contributed by atoms with van der Waals surface area (Å²) in [6, 6.07) is 18.0. The van der Waals surface area contributed by atoms with Crippen LogP contribution in [-0.2, 0) is 9.59 Å². The molecule has 174 valence electrons. The first kappa shape index (κ1) is 23.6. The highest BCUT2D eigenvalue weighted by Crippen LogP contribution is 2.31.